The molecule has 1 aromatic carbocycles. The molecular weight excluding hydrogens is 226 g/mol. The van der Waals surface area contributed by atoms with Crippen LogP contribution in [-0.4, -0.2) is 0 Å². The number of aryl methyl sites for hydroxylation is 2. The Kier molecular flexibility index (Phi) is 4.35. The zero-order chi connectivity index (χ0) is 12.1. The van der Waals surface area contributed by atoms with Crippen LogP contribution in [0.5, 0.6) is 0 Å². The molecule has 17 heavy (non-hydrogen) atoms. The zero-order valence-electron chi connectivity index (χ0n) is 10.5. The lowest BCUT2D eigenvalue weighted by Crippen LogP contribution is -2.13. The van der Waals surface area contributed by atoms with Gasteiger partial charge in [0.1, 0.15) is 0 Å². The zero-order valence-corrected chi connectivity index (χ0v) is 11.3. The van der Waals surface area contributed by atoms with Crippen LogP contribution in [0.4, 0.5) is 0 Å². The van der Waals surface area contributed by atoms with Crippen LogP contribution in [0, 0.1) is 6.92 Å². The molecule has 0 amide bonds. The van der Waals surface area contributed by atoms with E-state index < -0.39 is 0 Å². The highest BCUT2D eigenvalue weighted by molar-refractivity contribution is 7.11. The second-order valence-corrected chi connectivity index (χ2v) is 5.61. The second-order valence-electron chi connectivity index (χ2n) is 4.24. The topological polar surface area (TPSA) is 12.0 Å². The molecule has 90 valence electrons. The van der Waals surface area contributed by atoms with Gasteiger partial charge in [0, 0.05) is 22.8 Å². The number of nitrogens with one attached hydrogen (secondary N) is 1. The molecule has 1 heterocycles. The predicted molar refractivity (Wildman–Crippen MR) is 75.4 cm³/mol. The summed E-state index contributed by atoms with van der Waals surface area (Å²) < 4.78 is 0. The predicted octanol–water partition coefficient (Wildman–Crippen LogP) is 3.91. The molecule has 0 saturated carbocycles. The van der Waals surface area contributed by atoms with Gasteiger partial charge in [0.25, 0.3) is 0 Å². The van der Waals surface area contributed by atoms with Crippen molar-refractivity contribution in [2.75, 3.05) is 0 Å². The summed E-state index contributed by atoms with van der Waals surface area (Å²) in [4.78, 5) is 2.80. The van der Waals surface area contributed by atoms with Crippen molar-refractivity contribution in [3.63, 3.8) is 0 Å². The highest BCUT2D eigenvalue weighted by atomic mass is 32.1. The first-order valence-corrected chi connectivity index (χ1v) is 6.94. The largest absolute Gasteiger partial charge is 0.308 e. The van der Waals surface area contributed by atoms with E-state index in [-0.39, 0.29) is 0 Å². The van der Waals surface area contributed by atoms with Crippen LogP contribution in [0.25, 0.3) is 0 Å². The summed E-state index contributed by atoms with van der Waals surface area (Å²) in [5.41, 5.74) is 2.87. The van der Waals surface area contributed by atoms with Crippen molar-refractivity contribution in [2.45, 2.75) is 33.4 Å². The van der Waals surface area contributed by atoms with Gasteiger partial charge in [-0.15, -0.1) is 11.3 Å². The highest BCUT2D eigenvalue weighted by Crippen LogP contribution is 2.15. The Bertz CT molecular complexity index is 473. The Hall–Kier alpha value is -1.12. The Morgan fingerprint density at radius 1 is 1.00 bits per heavy atom. The molecule has 0 unspecified atom stereocenters. The van der Waals surface area contributed by atoms with Crippen molar-refractivity contribution in [3.8, 4) is 0 Å². The second kappa shape index (κ2) is 5.99. The van der Waals surface area contributed by atoms with Gasteiger partial charge in [0.05, 0.1) is 0 Å². The van der Waals surface area contributed by atoms with Gasteiger partial charge in [-0.25, -0.2) is 0 Å². The molecular formula is C15H19NS. The monoisotopic (exact) mass is 245 g/mol. The highest BCUT2D eigenvalue weighted by Gasteiger charge is 2.00. The fourth-order valence-corrected chi connectivity index (χ4v) is 2.84. The number of rotatable bonds is 5. The van der Waals surface area contributed by atoms with Crippen molar-refractivity contribution in [3.05, 3.63) is 57.3 Å². The lowest BCUT2D eigenvalue weighted by atomic mass is 10.1. The van der Waals surface area contributed by atoms with Crippen molar-refractivity contribution < 1.29 is 0 Å². The minimum Gasteiger partial charge on any atom is -0.308 e. The van der Waals surface area contributed by atoms with Crippen LogP contribution in [-0.2, 0) is 19.5 Å². The minimum atomic E-state index is 0.959. The fourth-order valence-electron chi connectivity index (χ4n) is 1.98. The quantitative estimate of drug-likeness (QED) is 0.842. The number of thiophene rings is 1. The van der Waals surface area contributed by atoms with Gasteiger partial charge in [0.2, 0.25) is 0 Å². The van der Waals surface area contributed by atoms with Crippen molar-refractivity contribution in [1.82, 2.24) is 5.32 Å². The van der Waals surface area contributed by atoms with Crippen LogP contribution in [0.1, 0.15) is 27.8 Å². The molecule has 1 aromatic heterocycles. The summed E-state index contributed by atoms with van der Waals surface area (Å²) >= 11 is 1.87. The van der Waals surface area contributed by atoms with E-state index in [1.165, 1.54) is 20.9 Å². The first-order chi connectivity index (χ1) is 8.29. The Labute approximate surface area is 108 Å². The van der Waals surface area contributed by atoms with E-state index in [0.717, 1.165) is 19.5 Å². The SMILES string of the molecule is CCc1ccccc1CNCc1ccc(C)s1. The molecule has 2 heteroatoms. The molecule has 1 N–H and O–H groups in total. The molecule has 0 aliphatic carbocycles. The van der Waals surface area contributed by atoms with Crippen LogP contribution in [0.2, 0.25) is 0 Å². The summed E-state index contributed by atoms with van der Waals surface area (Å²) in [6, 6.07) is 13.1. The van der Waals surface area contributed by atoms with Crippen molar-refractivity contribution >= 4 is 11.3 Å². The van der Waals surface area contributed by atoms with E-state index in [2.05, 4.69) is 55.6 Å². The third-order valence-corrected chi connectivity index (χ3v) is 3.91. The van der Waals surface area contributed by atoms with Crippen LogP contribution >= 0.6 is 11.3 Å². The fraction of sp³-hybridized carbons (Fsp3) is 0.333. The smallest absolute Gasteiger partial charge is 0.0303 e. The maximum atomic E-state index is 3.52. The molecule has 0 atom stereocenters. The maximum absolute atomic E-state index is 3.52. The maximum Gasteiger partial charge on any atom is 0.0303 e. The van der Waals surface area contributed by atoms with Gasteiger partial charge in [-0.2, -0.15) is 0 Å². The van der Waals surface area contributed by atoms with E-state index in [1.54, 1.807) is 0 Å². The lowest BCUT2D eigenvalue weighted by Gasteiger charge is -2.08. The average molecular weight is 245 g/mol. The molecule has 2 rings (SSSR count). The van der Waals surface area contributed by atoms with Crippen LogP contribution in [0.3, 0.4) is 0 Å². The lowest BCUT2D eigenvalue weighted by molar-refractivity contribution is 0.695. The first kappa shape index (κ1) is 12.3. The Balaban J connectivity index is 1.89. The third kappa shape index (κ3) is 3.42. The van der Waals surface area contributed by atoms with Gasteiger partial charge in [-0.1, -0.05) is 31.2 Å². The number of benzene rings is 1. The van der Waals surface area contributed by atoms with E-state index in [4.69, 9.17) is 0 Å². The molecule has 0 bridgehead atoms. The minimum absolute atomic E-state index is 0.959. The standard InChI is InChI=1S/C15H19NS/c1-3-13-6-4-5-7-14(13)10-16-11-15-9-8-12(2)17-15/h4-9,16H,3,10-11H2,1-2H3. The van der Waals surface area contributed by atoms with Gasteiger partial charge >= 0.3 is 0 Å². The Morgan fingerprint density at radius 3 is 2.41 bits per heavy atom. The van der Waals surface area contributed by atoms with Crippen LogP contribution in [0.15, 0.2) is 36.4 Å². The average Bonchev–Trinajstić information content (AvgIpc) is 2.76. The first-order valence-electron chi connectivity index (χ1n) is 6.12. The molecule has 0 aliphatic heterocycles. The molecule has 1 nitrogen and oxygen atoms in total. The summed E-state index contributed by atoms with van der Waals surface area (Å²) in [7, 11) is 0. The van der Waals surface area contributed by atoms with Gasteiger partial charge in [-0.05, 0) is 36.6 Å². The summed E-state index contributed by atoms with van der Waals surface area (Å²) in [6.45, 7) is 6.29. The van der Waals surface area contributed by atoms with Crippen LogP contribution < -0.4 is 5.32 Å². The molecule has 0 aliphatic rings. The third-order valence-electron chi connectivity index (χ3n) is 2.91. The van der Waals surface area contributed by atoms with Gasteiger partial charge < -0.3 is 5.32 Å². The van der Waals surface area contributed by atoms with E-state index in [1.807, 2.05) is 11.3 Å². The van der Waals surface area contributed by atoms with E-state index in [0.29, 0.717) is 0 Å². The number of hydrogen-bond donors (Lipinski definition) is 1. The summed E-state index contributed by atoms with van der Waals surface area (Å²) in [5.74, 6) is 0. The molecule has 0 spiro atoms. The van der Waals surface area contributed by atoms with Gasteiger partial charge in [-0.3, -0.25) is 0 Å². The molecule has 0 saturated heterocycles. The summed E-state index contributed by atoms with van der Waals surface area (Å²) in [5, 5.41) is 3.52. The molecule has 0 radical (unpaired) electrons. The summed E-state index contributed by atoms with van der Waals surface area (Å²) in [6.07, 6.45) is 1.11. The van der Waals surface area contributed by atoms with Crippen molar-refractivity contribution in [1.29, 1.82) is 0 Å². The molecule has 0 fully saturated rings. The van der Waals surface area contributed by atoms with E-state index in [9.17, 15) is 0 Å². The molecule has 2 aromatic rings. The van der Waals surface area contributed by atoms with Gasteiger partial charge in [0.15, 0.2) is 0 Å². The van der Waals surface area contributed by atoms with E-state index >= 15 is 0 Å². The van der Waals surface area contributed by atoms with Crippen molar-refractivity contribution in [2.24, 2.45) is 0 Å². The Morgan fingerprint density at radius 2 is 1.76 bits per heavy atom. The normalized spacial score (nSPS) is 10.7. The number of hydrogen-bond acceptors (Lipinski definition) is 2.